The molecule has 2 aliphatic rings. The maximum Gasteiger partial charge on any atom is 0.229 e. The van der Waals surface area contributed by atoms with Crippen molar-refractivity contribution in [2.45, 2.75) is 43.6 Å². The van der Waals surface area contributed by atoms with E-state index in [-0.39, 0.29) is 23.4 Å². The molecule has 0 spiro atoms. The maximum atomic E-state index is 14.4. The van der Waals surface area contributed by atoms with E-state index in [1.165, 1.54) is 18.2 Å². The van der Waals surface area contributed by atoms with Crippen LogP contribution in [0.15, 0.2) is 24.4 Å². The lowest BCUT2D eigenvalue weighted by Gasteiger charge is -2.31. The Bertz CT molecular complexity index is 953. The molecule has 10 heteroatoms. The third-order valence-electron chi connectivity index (χ3n) is 5.46. The fourth-order valence-corrected chi connectivity index (χ4v) is 4.51. The van der Waals surface area contributed by atoms with Gasteiger partial charge in [0.1, 0.15) is 11.5 Å². The average Bonchev–Trinajstić information content (AvgIpc) is 3.29. The lowest BCUT2D eigenvalue weighted by atomic mass is 10.2. The fraction of sp³-hybridized carbons (Fsp3) is 0.421. The van der Waals surface area contributed by atoms with Gasteiger partial charge in [-0.25, -0.2) is 9.37 Å². The van der Waals surface area contributed by atoms with Gasteiger partial charge in [-0.2, -0.15) is 4.98 Å². The Kier molecular flexibility index (Phi) is 5.46. The van der Waals surface area contributed by atoms with Gasteiger partial charge in [-0.1, -0.05) is 30.0 Å². The van der Waals surface area contributed by atoms with Crippen LogP contribution in [0.1, 0.15) is 31.2 Å². The molecule has 2 heterocycles. The predicted molar refractivity (Wildman–Crippen MR) is 107 cm³/mol. The molecule has 1 aromatic carbocycles. The third kappa shape index (κ3) is 3.82. The summed E-state index contributed by atoms with van der Waals surface area (Å²) >= 11 is -2.28. The molecule has 29 heavy (non-hydrogen) atoms. The van der Waals surface area contributed by atoms with Crippen LogP contribution in [-0.4, -0.2) is 44.3 Å². The molecule has 1 aliphatic carbocycles. The highest BCUT2D eigenvalue weighted by Crippen LogP contribution is 2.41. The van der Waals surface area contributed by atoms with Crippen molar-refractivity contribution in [2.75, 3.05) is 22.2 Å². The van der Waals surface area contributed by atoms with E-state index in [4.69, 9.17) is 0 Å². The number of carbonyl (C=O) groups is 1. The second-order valence-corrected chi connectivity index (χ2v) is 8.19. The first kappa shape index (κ1) is 19.7. The largest absolute Gasteiger partial charge is 0.772 e. The molecule has 0 saturated heterocycles. The van der Waals surface area contributed by atoms with Gasteiger partial charge >= 0.3 is 0 Å². The van der Waals surface area contributed by atoms with Crippen LogP contribution in [0.2, 0.25) is 0 Å². The zero-order valence-corrected chi connectivity index (χ0v) is 16.7. The zero-order valence-electron chi connectivity index (χ0n) is 15.9. The Morgan fingerprint density at radius 3 is 2.79 bits per heavy atom. The van der Waals surface area contributed by atoms with Crippen LogP contribution in [0.5, 0.6) is 0 Å². The Morgan fingerprint density at radius 1 is 1.38 bits per heavy atom. The van der Waals surface area contributed by atoms with Gasteiger partial charge in [-0.15, -0.1) is 0 Å². The number of nitrogens with zero attached hydrogens (tertiary/aromatic N) is 4. The van der Waals surface area contributed by atoms with Crippen LogP contribution >= 0.6 is 0 Å². The summed E-state index contributed by atoms with van der Waals surface area (Å²) in [7, 11) is 1.83. The topological polar surface area (TPSA) is 101 Å². The van der Waals surface area contributed by atoms with E-state index < -0.39 is 23.1 Å². The molecule has 2 aromatic rings. The number of hydrogen-bond donors (Lipinski definition) is 1. The summed E-state index contributed by atoms with van der Waals surface area (Å²) in [5.41, 5.74) is 1.27. The van der Waals surface area contributed by atoms with Gasteiger partial charge in [0.25, 0.3) is 0 Å². The number of hydrogen-bond acceptors (Lipinski definition) is 8. The zero-order chi connectivity index (χ0) is 20.5. The molecule has 2 atom stereocenters. The summed E-state index contributed by atoms with van der Waals surface area (Å²) in [6, 6.07) is 4.41. The highest BCUT2D eigenvalue weighted by atomic mass is 32.2. The summed E-state index contributed by atoms with van der Waals surface area (Å²) in [6.07, 6.45) is 6.35. The highest BCUT2D eigenvalue weighted by Gasteiger charge is 2.40. The van der Waals surface area contributed by atoms with Crippen LogP contribution in [0.25, 0.3) is 0 Å². The normalized spacial score (nSPS) is 20.0. The molecule has 1 aromatic heterocycles. The molecule has 154 valence electrons. The van der Waals surface area contributed by atoms with E-state index in [1.54, 1.807) is 6.20 Å². The molecule has 0 bridgehead atoms. The molecular weight excluding hydrogens is 397 g/mol. The number of benzene rings is 1. The van der Waals surface area contributed by atoms with E-state index in [2.05, 4.69) is 15.3 Å². The van der Waals surface area contributed by atoms with Gasteiger partial charge < -0.3 is 19.7 Å². The average molecular weight is 418 g/mol. The number of carbonyl (C=O) groups excluding carboxylic acids is 1. The van der Waals surface area contributed by atoms with E-state index >= 15 is 0 Å². The number of halogens is 1. The Labute approximate surface area is 170 Å². The Hall–Kier alpha value is -2.59. The number of rotatable bonds is 6. The quantitative estimate of drug-likeness (QED) is 0.564. The summed E-state index contributed by atoms with van der Waals surface area (Å²) in [5, 5.41) is 2.86. The van der Waals surface area contributed by atoms with Gasteiger partial charge in [0, 0.05) is 18.8 Å². The lowest BCUT2D eigenvalue weighted by molar-refractivity contribution is -0.108. The molecule has 4 rings (SSSR count). The first-order valence-electron chi connectivity index (χ1n) is 9.42. The van der Waals surface area contributed by atoms with Crippen molar-refractivity contribution in [3.05, 3.63) is 35.8 Å². The van der Waals surface area contributed by atoms with Crippen LogP contribution in [0.3, 0.4) is 0 Å². The second kappa shape index (κ2) is 8.03. The van der Waals surface area contributed by atoms with Gasteiger partial charge in [0.2, 0.25) is 5.95 Å². The van der Waals surface area contributed by atoms with E-state index in [0.717, 1.165) is 37.7 Å². The summed E-state index contributed by atoms with van der Waals surface area (Å²) < 4.78 is 36.0. The van der Waals surface area contributed by atoms with Crippen LogP contribution in [-0.2, 0) is 21.6 Å². The molecule has 2 unspecified atom stereocenters. The minimum absolute atomic E-state index is 0.149. The van der Waals surface area contributed by atoms with Crippen LogP contribution in [0.4, 0.5) is 27.5 Å². The minimum atomic E-state index is -2.28. The van der Waals surface area contributed by atoms with E-state index in [9.17, 15) is 17.9 Å². The number of likely N-dealkylation sites (N-methyl/N-ethyl adjacent to an activating group) is 1. The number of aldehydes is 1. The van der Waals surface area contributed by atoms with Crippen molar-refractivity contribution >= 4 is 40.5 Å². The molecule has 1 aliphatic heterocycles. The number of aromatic nitrogens is 2. The van der Waals surface area contributed by atoms with E-state index in [1.807, 2.05) is 16.8 Å². The lowest BCUT2D eigenvalue weighted by Crippen LogP contribution is -2.47. The van der Waals surface area contributed by atoms with Crippen molar-refractivity contribution in [1.82, 2.24) is 9.97 Å². The van der Waals surface area contributed by atoms with Crippen molar-refractivity contribution in [3.8, 4) is 0 Å². The van der Waals surface area contributed by atoms with Gasteiger partial charge in [-0.3, -0.25) is 9.00 Å². The maximum absolute atomic E-state index is 14.4. The fourth-order valence-electron chi connectivity index (χ4n) is 4.05. The van der Waals surface area contributed by atoms with E-state index in [0.29, 0.717) is 11.4 Å². The molecule has 1 N–H and O–H groups in total. The summed E-state index contributed by atoms with van der Waals surface area (Å²) in [6.45, 7) is 0. The Balaban J connectivity index is 1.62. The number of anilines is 4. The molecular formula is C19H21FN5O3S-. The number of fused-ring (bicyclic) bond motifs is 1. The molecule has 0 radical (unpaired) electrons. The van der Waals surface area contributed by atoms with Crippen molar-refractivity contribution in [2.24, 2.45) is 0 Å². The van der Waals surface area contributed by atoms with Crippen molar-refractivity contribution in [3.63, 3.8) is 0 Å². The first-order valence-corrected chi connectivity index (χ1v) is 10.7. The second-order valence-electron chi connectivity index (χ2n) is 7.30. The Morgan fingerprint density at radius 2 is 2.14 bits per heavy atom. The molecule has 8 nitrogen and oxygen atoms in total. The number of nitrogens with one attached hydrogen (secondary N) is 1. The van der Waals surface area contributed by atoms with Crippen molar-refractivity contribution in [1.29, 1.82) is 0 Å². The predicted octanol–water partition coefficient (Wildman–Crippen LogP) is 2.46. The van der Waals surface area contributed by atoms with Crippen LogP contribution in [0, 0.1) is 5.82 Å². The third-order valence-corrected chi connectivity index (χ3v) is 6.03. The smallest absolute Gasteiger partial charge is 0.229 e. The van der Waals surface area contributed by atoms with Crippen molar-refractivity contribution < 1.29 is 17.9 Å². The standard InChI is InChI=1S/C19H22FN5O3S/c1-24-16-9-21-19(22-15-7-6-12(8-14(15)20)11-29(27)28)23-18(16)25(17(24)10-26)13-4-2-3-5-13/h6-10,13,17H,2-5,11H2,1H3,(H,27,28)(H,21,22,23)/p-1. The first-order chi connectivity index (χ1) is 14.0. The molecule has 0 amide bonds. The van der Waals surface area contributed by atoms with Gasteiger partial charge in [0.15, 0.2) is 18.3 Å². The molecule has 1 fully saturated rings. The van der Waals surface area contributed by atoms with Gasteiger partial charge in [-0.05, 0) is 30.5 Å². The summed E-state index contributed by atoms with van der Waals surface area (Å²) in [4.78, 5) is 24.5. The monoisotopic (exact) mass is 418 g/mol. The highest BCUT2D eigenvalue weighted by molar-refractivity contribution is 7.78. The van der Waals surface area contributed by atoms with Gasteiger partial charge in [0.05, 0.1) is 11.9 Å². The molecule has 1 saturated carbocycles. The summed E-state index contributed by atoms with van der Waals surface area (Å²) in [5.74, 6) is 0.0357. The SMILES string of the molecule is CN1c2cnc(Nc3ccc(CS(=O)[O-])cc3F)nc2N(C2CCCC2)C1C=O. The van der Waals surface area contributed by atoms with Crippen LogP contribution < -0.4 is 15.1 Å². The minimum Gasteiger partial charge on any atom is -0.772 e.